The summed E-state index contributed by atoms with van der Waals surface area (Å²) in [4.78, 5) is 17.0. The van der Waals surface area contributed by atoms with Crippen molar-refractivity contribution in [2.45, 2.75) is 44.6 Å². The van der Waals surface area contributed by atoms with Crippen LogP contribution in [0, 0.1) is 25.2 Å². The second kappa shape index (κ2) is 7.19. The number of pyridine rings is 1. The second-order valence-electron chi connectivity index (χ2n) is 6.23. The Morgan fingerprint density at radius 3 is 2.50 bits per heavy atom. The van der Waals surface area contributed by atoms with Crippen LogP contribution in [0.3, 0.4) is 0 Å². The van der Waals surface area contributed by atoms with E-state index < -0.39 is 0 Å². The van der Waals surface area contributed by atoms with E-state index in [4.69, 9.17) is 0 Å². The standard InChI is InChI=1S/C20H20N2OS/c1-13-7-9-15(10-8-13)19(23)12-24-20-18(11-21)17-6-4-3-5-16(17)14(2)22-20/h7-10H,3-6,12H2,1-2H3. The lowest BCUT2D eigenvalue weighted by atomic mass is 9.88. The highest BCUT2D eigenvalue weighted by Gasteiger charge is 2.21. The van der Waals surface area contributed by atoms with Gasteiger partial charge in [-0.25, -0.2) is 4.98 Å². The summed E-state index contributed by atoms with van der Waals surface area (Å²) < 4.78 is 0. The fourth-order valence-electron chi connectivity index (χ4n) is 3.16. The van der Waals surface area contributed by atoms with Crippen molar-refractivity contribution in [2.24, 2.45) is 0 Å². The minimum atomic E-state index is 0.0704. The molecule has 24 heavy (non-hydrogen) atoms. The maximum Gasteiger partial charge on any atom is 0.173 e. The van der Waals surface area contributed by atoms with E-state index in [1.165, 1.54) is 23.7 Å². The first-order chi connectivity index (χ1) is 11.6. The molecule has 0 radical (unpaired) electrons. The molecule has 0 unspecified atom stereocenters. The molecule has 122 valence electrons. The van der Waals surface area contributed by atoms with E-state index in [0.717, 1.165) is 36.1 Å². The number of ketones is 1. The van der Waals surface area contributed by atoms with Crippen molar-refractivity contribution in [3.63, 3.8) is 0 Å². The molecule has 0 spiro atoms. The van der Waals surface area contributed by atoms with Crippen LogP contribution in [0.2, 0.25) is 0 Å². The van der Waals surface area contributed by atoms with Gasteiger partial charge in [0.05, 0.1) is 11.3 Å². The highest BCUT2D eigenvalue weighted by Crippen LogP contribution is 2.32. The fourth-order valence-corrected chi connectivity index (χ4v) is 4.11. The van der Waals surface area contributed by atoms with Gasteiger partial charge in [-0.1, -0.05) is 41.6 Å². The summed E-state index contributed by atoms with van der Waals surface area (Å²) >= 11 is 1.38. The normalized spacial score (nSPS) is 13.2. The number of Topliss-reactive ketones (excluding diaryl/α,β-unsaturated/α-hetero) is 1. The number of benzene rings is 1. The van der Waals surface area contributed by atoms with E-state index in [0.29, 0.717) is 21.9 Å². The SMILES string of the molecule is Cc1ccc(C(=O)CSc2nc(C)c3c(c2C#N)CCCC3)cc1. The van der Waals surface area contributed by atoms with Gasteiger partial charge < -0.3 is 0 Å². The Bertz CT molecular complexity index is 819. The van der Waals surface area contributed by atoms with Crippen molar-refractivity contribution in [1.29, 1.82) is 5.26 Å². The lowest BCUT2D eigenvalue weighted by molar-refractivity contribution is 0.102. The molecular weight excluding hydrogens is 316 g/mol. The van der Waals surface area contributed by atoms with Crippen LogP contribution in [0.4, 0.5) is 0 Å². The minimum absolute atomic E-state index is 0.0704. The van der Waals surface area contributed by atoms with Gasteiger partial charge in [-0.15, -0.1) is 0 Å². The van der Waals surface area contributed by atoms with Crippen molar-refractivity contribution in [1.82, 2.24) is 4.98 Å². The summed E-state index contributed by atoms with van der Waals surface area (Å²) in [6.07, 6.45) is 4.24. The molecule has 0 saturated heterocycles. The molecule has 1 aromatic heterocycles. The molecular formula is C20H20N2OS. The van der Waals surface area contributed by atoms with Gasteiger partial charge in [0.25, 0.3) is 0 Å². The van der Waals surface area contributed by atoms with E-state index in [-0.39, 0.29) is 5.78 Å². The number of fused-ring (bicyclic) bond motifs is 1. The average Bonchev–Trinajstić information content (AvgIpc) is 2.60. The molecule has 0 N–H and O–H groups in total. The summed E-state index contributed by atoms with van der Waals surface area (Å²) in [5.74, 6) is 0.379. The van der Waals surface area contributed by atoms with Gasteiger partial charge in [-0.2, -0.15) is 5.26 Å². The van der Waals surface area contributed by atoms with Gasteiger partial charge >= 0.3 is 0 Å². The highest BCUT2D eigenvalue weighted by atomic mass is 32.2. The number of rotatable bonds is 4. The van der Waals surface area contributed by atoms with Crippen LogP contribution in [0.5, 0.6) is 0 Å². The van der Waals surface area contributed by atoms with Crippen LogP contribution < -0.4 is 0 Å². The van der Waals surface area contributed by atoms with Crippen molar-refractivity contribution in [3.05, 3.63) is 57.8 Å². The number of aryl methyl sites for hydroxylation is 2. The molecule has 3 rings (SSSR count). The summed E-state index contributed by atoms with van der Waals surface area (Å²) in [6, 6.07) is 9.93. The third-order valence-corrected chi connectivity index (χ3v) is 5.49. The maximum atomic E-state index is 12.4. The molecule has 0 atom stereocenters. The van der Waals surface area contributed by atoms with E-state index >= 15 is 0 Å². The number of carbonyl (C=O) groups is 1. The van der Waals surface area contributed by atoms with Crippen molar-refractivity contribution >= 4 is 17.5 Å². The summed E-state index contributed by atoms with van der Waals surface area (Å²) in [5, 5.41) is 10.3. The number of hydrogen-bond donors (Lipinski definition) is 0. The Labute approximate surface area is 147 Å². The van der Waals surface area contributed by atoms with Gasteiger partial charge in [0.15, 0.2) is 5.78 Å². The van der Waals surface area contributed by atoms with Crippen LogP contribution in [0.15, 0.2) is 29.3 Å². The Kier molecular flexibility index (Phi) is 5.01. The smallest absolute Gasteiger partial charge is 0.173 e. The molecule has 1 aromatic carbocycles. The first kappa shape index (κ1) is 16.7. The van der Waals surface area contributed by atoms with Crippen LogP contribution in [0.25, 0.3) is 0 Å². The predicted molar refractivity (Wildman–Crippen MR) is 96.6 cm³/mol. The molecule has 0 aliphatic heterocycles. The van der Waals surface area contributed by atoms with E-state index in [9.17, 15) is 10.1 Å². The number of hydrogen-bond acceptors (Lipinski definition) is 4. The van der Waals surface area contributed by atoms with Crippen LogP contribution in [0.1, 0.15) is 51.1 Å². The monoisotopic (exact) mass is 336 g/mol. The van der Waals surface area contributed by atoms with Crippen LogP contribution in [-0.2, 0) is 12.8 Å². The summed E-state index contributed by atoms with van der Waals surface area (Å²) in [6.45, 7) is 4.01. The van der Waals surface area contributed by atoms with Crippen LogP contribution >= 0.6 is 11.8 Å². The lowest BCUT2D eigenvalue weighted by Gasteiger charge is -2.20. The quantitative estimate of drug-likeness (QED) is 0.612. The molecule has 1 aliphatic rings. The number of aromatic nitrogens is 1. The summed E-state index contributed by atoms with van der Waals surface area (Å²) in [5.41, 5.74) is 5.93. The Hall–Kier alpha value is -2.12. The van der Waals surface area contributed by atoms with Gasteiger partial charge in [-0.05, 0) is 50.7 Å². The molecule has 1 aliphatic carbocycles. The Morgan fingerprint density at radius 1 is 1.17 bits per heavy atom. The molecule has 2 aromatic rings. The van der Waals surface area contributed by atoms with Gasteiger partial charge in [-0.3, -0.25) is 4.79 Å². The Morgan fingerprint density at radius 2 is 1.83 bits per heavy atom. The van der Waals surface area contributed by atoms with Crippen molar-refractivity contribution < 1.29 is 4.79 Å². The van der Waals surface area contributed by atoms with Gasteiger partial charge in [0, 0.05) is 11.3 Å². The summed E-state index contributed by atoms with van der Waals surface area (Å²) in [7, 11) is 0. The third-order valence-electron chi connectivity index (χ3n) is 4.51. The first-order valence-corrected chi connectivity index (χ1v) is 9.24. The van der Waals surface area contributed by atoms with Gasteiger partial charge in [0.1, 0.15) is 11.1 Å². The van der Waals surface area contributed by atoms with E-state index in [2.05, 4.69) is 11.1 Å². The second-order valence-corrected chi connectivity index (χ2v) is 7.20. The molecule has 0 bridgehead atoms. The maximum absolute atomic E-state index is 12.4. The fraction of sp³-hybridized carbons (Fsp3) is 0.350. The van der Waals surface area contributed by atoms with Crippen LogP contribution in [-0.4, -0.2) is 16.5 Å². The van der Waals surface area contributed by atoms with Gasteiger partial charge in [0.2, 0.25) is 0 Å². The largest absolute Gasteiger partial charge is 0.293 e. The first-order valence-electron chi connectivity index (χ1n) is 8.25. The molecule has 4 heteroatoms. The number of carbonyl (C=O) groups excluding carboxylic acids is 1. The van der Waals surface area contributed by atoms with Crippen molar-refractivity contribution in [2.75, 3.05) is 5.75 Å². The molecule has 0 fully saturated rings. The molecule has 0 saturated carbocycles. The third kappa shape index (κ3) is 3.37. The number of thioether (sulfide) groups is 1. The zero-order valence-corrected chi connectivity index (χ0v) is 14.9. The predicted octanol–water partition coefficient (Wildman–Crippen LogP) is 4.42. The molecule has 0 amide bonds. The molecule has 1 heterocycles. The molecule has 3 nitrogen and oxygen atoms in total. The topological polar surface area (TPSA) is 53.8 Å². The highest BCUT2D eigenvalue weighted by molar-refractivity contribution is 8.00. The van der Waals surface area contributed by atoms with E-state index in [1.54, 1.807) is 0 Å². The minimum Gasteiger partial charge on any atom is -0.293 e. The lowest BCUT2D eigenvalue weighted by Crippen LogP contribution is -2.11. The Balaban J connectivity index is 1.82. The zero-order chi connectivity index (χ0) is 17.1. The number of nitriles is 1. The zero-order valence-electron chi connectivity index (χ0n) is 14.1. The average molecular weight is 336 g/mol. The number of nitrogens with zero attached hydrogens (tertiary/aromatic N) is 2. The van der Waals surface area contributed by atoms with Crippen molar-refractivity contribution in [3.8, 4) is 6.07 Å². The van der Waals surface area contributed by atoms with E-state index in [1.807, 2.05) is 38.1 Å².